The number of carbonyl (C=O) groups excluding carboxylic acids is 1. The molecule has 0 atom stereocenters. The summed E-state index contributed by atoms with van der Waals surface area (Å²) in [6, 6.07) is 12.7. The molecule has 0 aliphatic carbocycles. The summed E-state index contributed by atoms with van der Waals surface area (Å²) in [4.78, 5) is 11.9. The van der Waals surface area contributed by atoms with Crippen LogP contribution in [-0.4, -0.2) is 26.5 Å². The van der Waals surface area contributed by atoms with Gasteiger partial charge in [-0.05, 0) is 67.2 Å². The Morgan fingerprint density at radius 3 is 2.21 bits per heavy atom. The highest BCUT2D eigenvalue weighted by molar-refractivity contribution is 7.92. The lowest BCUT2D eigenvalue weighted by atomic mass is 10.2. The average molecular weight is 436 g/mol. The first-order chi connectivity index (χ1) is 13.8. The van der Waals surface area contributed by atoms with Crippen LogP contribution in [0.2, 0.25) is 0 Å². The van der Waals surface area contributed by atoms with Crippen LogP contribution in [0.5, 0.6) is 5.75 Å². The van der Waals surface area contributed by atoms with Crippen LogP contribution in [0.4, 0.5) is 11.4 Å². The van der Waals surface area contributed by atoms with Crippen LogP contribution in [0.25, 0.3) is 0 Å². The molecular weight excluding hydrogens is 410 g/mol. The predicted molar refractivity (Wildman–Crippen MR) is 119 cm³/mol. The van der Waals surface area contributed by atoms with E-state index in [0.717, 1.165) is 19.3 Å². The summed E-state index contributed by atoms with van der Waals surface area (Å²) in [6.45, 7) is 2.07. The van der Waals surface area contributed by atoms with Gasteiger partial charge in [0.15, 0.2) is 5.11 Å². The molecule has 1 amide bonds. The number of ether oxygens (including phenoxy) is 1. The van der Waals surface area contributed by atoms with E-state index in [1.807, 2.05) is 0 Å². The fourth-order valence-corrected chi connectivity index (χ4v) is 3.77. The number of sulfonamides is 1. The van der Waals surface area contributed by atoms with Crippen molar-refractivity contribution < 1.29 is 17.9 Å². The minimum Gasteiger partial charge on any atom is -0.497 e. The maximum Gasteiger partial charge on any atom is 0.261 e. The van der Waals surface area contributed by atoms with Crippen molar-refractivity contribution in [3.63, 3.8) is 0 Å². The van der Waals surface area contributed by atoms with Gasteiger partial charge in [0.1, 0.15) is 5.75 Å². The summed E-state index contributed by atoms with van der Waals surface area (Å²) in [5.41, 5.74) is 1.01. The lowest BCUT2D eigenvalue weighted by molar-refractivity contribution is -0.119. The number of amides is 1. The van der Waals surface area contributed by atoms with E-state index < -0.39 is 10.0 Å². The SMILES string of the molecule is CCCCCC(=O)NC(=S)Nc1ccc(S(=O)(=O)Nc2ccc(OC)cc2)cc1. The van der Waals surface area contributed by atoms with Gasteiger partial charge in [0, 0.05) is 17.8 Å². The van der Waals surface area contributed by atoms with Crippen molar-refractivity contribution >= 4 is 44.6 Å². The molecule has 3 N–H and O–H groups in total. The van der Waals surface area contributed by atoms with Gasteiger partial charge in [-0.2, -0.15) is 0 Å². The number of methoxy groups -OCH3 is 1. The van der Waals surface area contributed by atoms with Gasteiger partial charge < -0.3 is 15.4 Å². The fraction of sp³-hybridized carbons (Fsp3) is 0.300. The minimum atomic E-state index is -3.73. The Morgan fingerprint density at radius 1 is 1.00 bits per heavy atom. The molecular formula is C20H25N3O4S2. The van der Waals surface area contributed by atoms with Gasteiger partial charge in [-0.25, -0.2) is 8.42 Å². The van der Waals surface area contributed by atoms with Crippen LogP contribution in [0.15, 0.2) is 53.4 Å². The molecule has 0 saturated heterocycles. The van der Waals surface area contributed by atoms with Crippen LogP contribution in [0.1, 0.15) is 32.6 Å². The molecule has 0 heterocycles. The zero-order valence-electron chi connectivity index (χ0n) is 16.4. The molecule has 0 aliphatic heterocycles. The summed E-state index contributed by atoms with van der Waals surface area (Å²) >= 11 is 5.12. The van der Waals surface area contributed by atoms with Crippen molar-refractivity contribution in [3.8, 4) is 5.75 Å². The molecule has 2 aromatic carbocycles. The Balaban J connectivity index is 1.94. The van der Waals surface area contributed by atoms with Crippen LogP contribution in [-0.2, 0) is 14.8 Å². The second kappa shape index (κ2) is 10.8. The van der Waals surface area contributed by atoms with E-state index in [-0.39, 0.29) is 15.9 Å². The van der Waals surface area contributed by atoms with Crippen molar-refractivity contribution in [1.82, 2.24) is 5.32 Å². The Labute approximate surface area is 176 Å². The highest BCUT2D eigenvalue weighted by Gasteiger charge is 2.14. The van der Waals surface area contributed by atoms with Crippen molar-refractivity contribution in [3.05, 3.63) is 48.5 Å². The molecule has 9 heteroatoms. The average Bonchev–Trinajstić information content (AvgIpc) is 2.69. The summed E-state index contributed by atoms with van der Waals surface area (Å²) < 4.78 is 32.6. The molecule has 0 saturated carbocycles. The van der Waals surface area contributed by atoms with E-state index in [0.29, 0.717) is 23.5 Å². The molecule has 0 radical (unpaired) electrons. The van der Waals surface area contributed by atoms with Gasteiger partial charge in [0.2, 0.25) is 5.91 Å². The van der Waals surface area contributed by atoms with Gasteiger partial charge in [-0.15, -0.1) is 0 Å². The van der Waals surface area contributed by atoms with Crippen molar-refractivity contribution in [1.29, 1.82) is 0 Å². The van der Waals surface area contributed by atoms with Gasteiger partial charge >= 0.3 is 0 Å². The smallest absolute Gasteiger partial charge is 0.261 e. The van der Waals surface area contributed by atoms with E-state index in [9.17, 15) is 13.2 Å². The molecule has 156 valence electrons. The van der Waals surface area contributed by atoms with E-state index >= 15 is 0 Å². The molecule has 0 aliphatic rings. The van der Waals surface area contributed by atoms with Gasteiger partial charge in [-0.3, -0.25) is 9.52 Å². The van der Waals surface area contributed by atoms with E-state index in [4.69, 9.17) is 17.0 Å². The van der Waals surface area contributed by atoms with Crippen LogP contribution in [0, 0.1) is 0 Å². The third kappa shape index (κ3) is 7.35. The van der Waals surface area contributed by atoms with E-state index in [2.05, 4.69) is 22.3 Å². The number of carbonyl (C=O) groups is 1. The molecule has 0 aromatic heterocycles. The molecule has 0 fully saturated rings. The number of thiocarbonyl (C=S) groups is 1. The number of benzene rings is 2. The summed E-state index contributed by atoms with van der Waals surface area (Å²) in [6.07, 6.45) is 3.27. The summed E-state index contributed by atoms with van der Waals surface area (Å²) in [7, 11) is -2.19. The van der Waals surface area contributed by atoms with E-state index in [1.165, 1.54) is 12.1 Å². The monoisotopic (exact) mass is 435 g/mol. The maximum atomic E-state index is 12.5. The first kappa shape index (κ1) is 22.6. The number of anilines is 2. The van der Waals surface area contributed by atoms with Gasteiger partial charge in [-0.1, -0.05) is 19.8 Å². The van der Waals surface area contributed by atoms with Crippen molar-refractivity contribution in [2.75, 3.05) is 17.1 Å². The normalized spacial score (nSPS) is 10.8. The first-order valence-electron chi connectivity index (χ1n) is 9.22. The number of hydrogen-bond donors (Lipinski definition) is 3. The third-order valence-corrected chi connectivity index (χ3v) is 5.63. The lowest BCUT2D eigenvalue weighted by Crippen LogP contribution is -2.33. The summed E-state index contributed by atoms with van der Waals surface area (Å²) in [5.74, 6) is 0.496. The zero-order valence-corrected chi connectivity index (χ0v) is 18.0. The molecule has 2 aromatic rings. The lowest BCUT2D eigenvalue weighted by Gasteiger charge is -2.11. The minimum absolute atomic E-state index is 0.105. The topological polar surface area (TPSA) is 96.5 Å². The Bertz CT molecular complexity index is 927. The first-order valence-corrected chi connectivity index (χ1v) is 11.1. The molecule has 0 spiro atoms. The highest BCUT2D eigenvalue weighted by Crippen LogP contribution is 2.20. The predicted octanol–water partition coefficient (Wildman–Crippen LogP) is 3.89. The standard InChI is InChI=1S/C20H25N3O4S2/c1-3-4-5-6-19(24)22-20(28)21-15-9-13-18(14-10-15)29(25,26)23-16-7-11-17(27-2)12-8-16/h7-14,23H,3-6H2,1-2H3,(H2,21,22,24,28). The third-order valence-electron chi connectivity index (χ3n) is 4.03. The van der Waals surface area contributed by atoms with Crippen molar-refractivity contribution in [2.24, 2.45) is 0 Å². The van der Waals surface area contributed by atoms with E-state index in [1.54, 1.807) is 43.5 Å². The highest BCUT2D eigenvalue weighted by atomic mass is 32.2. The van der Waals surface area contributed by atoms with Gasteiger partial charge in [0.05, 0.1) is 12.0 Å². The second-order valence-electron chi connectivity index (χ2n) is 6.32. The maximum absolute atomic E-state index is 12.5. The Kier molecular flexibility index (Phi) is 8.41. The Hall–Kier alpha value is -2.65. The largest absolute Gasteiger partial charge is 0.497 e. The Morgan fingerprint density at radius 2 is 1.62 bits per heavy atom. The molecule has 0 bridgehead atoms. The molecule has 2 rings (SSSR count). The number of unbranched alkanes of at least 4 members (excludes halogenated alkanes) is 2. The van der Waals surface area contributed by atoms with Gasteiger partial charge in [0.25, 0.3) is 10.0 Å². The van der Waals surface area contributed by atoms with Crippen LogP contribution in [0.3, 0.4) is 0 Å². The number of hydrogen-bond acceptors (Lipinski definition) is 5. The molecule has 0 unspecified atom stereocenters. The molecule has 29 heavy (non-hydrogen) atoms. The fourth-order valence-electron chi connectivity index (χ4n) is 2.48. The number of rotatable bonds is 9. The van der Waals surface area contributed by atoms with Crippen LogP contribution >= 0.6 is 12.2 Å². The van der Waals surface area contributed by atoms with Crippen LogP contribution < -0.4 is 20.1 Å². The molecule has 7 nitrogen and oxygen atoms in total. The van der Waals surface area contributed by atoms with Crippen molar-refractivity contribution in [2.45, 2.75) is 37.5 Å². The zero-order chi connectivity index (χ0) is 21.3. The second-order valence-corrected chi connectivity index (χ2v) is 8.41. The summed E-state index contributed by atoms with van der Waals surface area (Å²) in [5, 5.41) is 5.67. The quantitative estimate of drug-likeness (QED) is 0.408. The number of nitrogens with one attached hydrogen (secondary N) is 3.